The average molecular weight is 157 g/mol. The van der Waals surface area contributed by atoms with E-state index < -0.39 is 0 Å². The van der Waals surface area contributed by atoms with E-state index in [0.717, 1.165) is 13.0 Å². The Kier molecular flexibility index (Phi) is 3.32. The van der Waals surface area contributed by atoms with Crippen LogP contribution in [0.25, 0.3) is 0 Å². The van der Waals surface area contributed by atoms with Gasteiger partial charge in [-0.25, -0.2) is 5.01 Å². The van der Waals surface area contributed by atoms with Crippen molar-refractivity contribution in [2.75, 3.05) is 19.8 Å². The molecule has 11 heavy (non-hydrogen) atoms. The van der Waals surface area contributed by atoms with Gasteiger partial charge in [0, 0.05) is 6.54 Å². The van der Waals surface area contributed by atoms with E-state index in [1.807, 2.05) is 5.01 Å². The summed E-state index contributed by atoms with van der Waals surface area (Å²) in [5.41, 5.74) is 2.53. The molecule has 4 nitrogen and oxygen atoms in total. The molecular formula is C7H13N2O2. The van der Waals surface area contributed by atoms with Gasteiger partial charge in [-0.2, -0.15) is 0 Å². The Labute approximate surface area is 66.5 Å². The molecule has 1 fully saturated rings. The van der Waals surface area contributed by atoms with E-state index in [9.17, 15) is 4.79 Å². The molecule has 0 saturated carbocycles. The first kappa shape index (κ1) is 8.49. The van der Waals surface area contributed by atoms with Gasteiger partial charge in [-0.3, -0.25) is 10.2 Å². The molecule has 1 unspecified atom stereocenters. The van der Waals surface area contributed by atoms with Gasteiger partial charge in [0.2, 0.25) is 0 Å². The largest absolute Gasteiger partial charge is 0.378 e. The molecule has 0 aromatic heterocycles. The van der Waals surface area contributed by atoms with Gasteiger partial charge in [-0.05, 0) is 6.42 Å². The summed E-state index contributed by atoms with van der Waals surface area (Å²) in [5, 5.41) is 1.87. The molecule has 1 radical (unpaired) electrons. The maximum Gasteiger partial charge on any atom is 0.324 e. The van der Waals surface area contributed by atoms with Crippen LogP contribution in [-0.2, 0) is 9.53 Å². The minimum atomic E-state index is 0.310. The fourth-order valence-electron chi connectivity index (χ4n) is 1.20. The molecule has 1 heterocycles. The summed E-state index contributed by atoms with van der Waals surface area (Å²) < 4.78 is 5.24. The van der Waals surface area contributed by atoms with Gasteiger partial charge >= 0.3 is 6.41 Å². The quantitative estimate of drug-likeness (QED) is 0.570. The number of nitrogens with zero attached hydrogens (tertiary/aromatic N) is 1. The van der Waals surface area contributed by atoms with Crippen LogP contribution in [0.4, 0.5) is 0 Å². The van der Waals surface area contributed by atoms with Gasteiger partial charge in [-0.15, -0.1) is 0 Å². The Morgan fingerprint density at radius 2 is 2.64 bits per heavy atom. The van der Waals surface area contributed by atoms with Crippen molar-refractivity contribution in [3.63, 3.8) is 0 Å². The first-order valence-electron chi connectivity index (χ1n) is 3.85. The average Bonchev–Trinajstić information content (AvgIpc) is 2.06. The molecule has 0 aromatic rings. The van der Waals surface area contributed by atoms with Crippen molar-refractivity contribution < 1.29 is 9.53 Å². The SMILES string of the molecule is CCC1COCCN1N[C]=O. The highest BCUT2D eigenvalue weighted by atomic mass is 16.5. The van der Waals surface area contributed by atoms with Crippen molar-refractivity contribution in [2.45, 2.75) is 19.4 Å². The van der Waals surface area contributed by atoms with Crippen LogP contribution in [-0.4, -0.2) is 37.2 Å². The lowest BCUT2D eigenvalue weighted by atomic mass is 10.2. The fraction of sp³-hybridized carbons (Fsp3) is 0.857. The highest BCUT2D eigenvalue weighted by Gasteiger charge is 2.20. The maximum absolute atomic E-state index is 10.0. The van der Waals surface area contributed by atoms with Crippen LogP contribution in [0, 0.1) is 0 Å². The summed E-state index contributed by atoms with van der Waals surface area (Å²) in [6.07, 6.45) is 2.65. The summed E-state index contributed by atoms with van der Waals surface area (Å²) in [6.45, 7) is 4.21. The second-order valence-electron chi connectivity index (χ2n) is 2.54. The smallest absolute Gasteiger partial charge is 0.324 e. The number of hydrogen-bond acceptors (Lipinski definition) is 3. The zero-order chi connectivity index (χ0) is 8.10. The second-order valence-corrected chi connectivity index (χ2v) is 2.54. The first-order chi connectivity index (χ1) is 5.38. The van der Waals surface area contributed by atoms with Crippen molar-refractivity contribution >= 4 is 6.41 Å². The molecule has 1 atom stereocenters. The molecule has 4 heteroatoms. The van der Waals surface area contributed by atoms with Crippen molar-refractivity contribution in [2.24, 2.45) is 0 Å². The number of hydrazine groups is 1. The summed E-state index contributed by atoms with van der Waals surface area (Å²) in [6, 6.07) is 0.310. The Bertz CT molecular complexity index is 130. The van der Waals surface area contributed by atoms with E-state index in [2.05, 4.69) is 12.3 Å². The standard InChI is InChI=1S/C7H13N2O2/c1-2-7-5-11-4-3-9(7)8-6-10/h7H,2-5H2,1H3,(H,8,10). The highest BCUT2D eigenvalue weighted by Crippen LogP contribution is 2.05. The number of hydrogen-bond donors (Lipinski definition) is 1. The van der Waals surface area contributed by atoms with E-state index in [4.69, 9.17) is 4.74 Å². The van der Waals surface area contributed by atoms with Crippen LogP contribution in [0.15, 0.2) is 0 Å². The van der Waals surface area contributed by atoms with E-state index in [0.29, 0.717) is 19.3 Å². The van der Waals surface area contributed by atoms with Crippen molar-refractivity contribution in [3.8, 4) is 0 Å². The molecule has 1 N–H and O–H groups in total. The molecule has 0 spiro atoms. The molecule has 0 aliphatic carbocycles. The summed E-state index contributed by atoms with van der Waals surface area (Å²) in [4.78, 5) is 10.0. The van der Waals surface area contributed by atoms with Crippen molar-refractivity contribution in [1.29, 1.82) is 0 Å². The number of morpholine rings is 1. The molecule has 1 saturated heterocycles. The Hall–Kier alpha value is -0.610. The number of rotatable bonds is 3. The van der Waals surface area contributed by atoms with Crippen LogP contribution >= 0.6 is 0 Å². The number of ether oxygens (including phenoxy) is 1. The normalized spacial score (nSPS) is 26.5. The third-order valence-corrected chi connectivity index (χ3v) is 1.89. The summed E-state index contributed by atoms with van der Waals surface area (Å²) >= 11 is 0. The van der Waals surface area contributed by atoms with Crippen LogP contribution in [0.1, 0.15) is 13.3 Å². The summed E-state index contributed by atoms with van der Waals surface area (Å²) in [7, 11) is 0. The van der Waals surface area contributed by atoms with E-state index >= 15 is 0 Å². The lowest BCUT2D eigenvalue weighted by Crippen LogP contribution is -2.51. The first-order valence-corrected chi connectivity index (χ1v) is 3.85. The molecule has 0 bridgehead atoms. The third-order valence-electron chi connectivity index (χ3n) is 1.89. The predicted molar refractivity (Wildman–Crippen MR) is 40.4 cm³/mol. The van der Waals surface area contributed by atoms with E-state index in [1.165, 1.54) is 0 Å². The van der Waals surface area contributed by atoms with Crippen molar-refractivity contribution in [1.82, 2.24) is 10.4 Å². The van der Waals surface area contributed by atoms with Gasteiger partial charge in [-0.1, -0.05) is 6.92 Å². The molecule has 1 aliphatic heterocycles. The zero-order valence-electron chi connectivity index (χ0n) is 6.67. The number of nitrogens with one attached hydrogen (secondary N) is 1. The molecule has 63 valence electrons. The minimum absolute atomic E-state index is 0.310. The topological polar surface area (TPSA) is 41.6 Å². The zero-order valence-corrected chi connectivity index (χ0v) is 6.67. The number of carbonyl (C=O) groups excluding carboxylic acids is 1. The van der Waals surface area contributed by atoms with Gasteiger partial charge < -0.3 is 4.74 Å². The van der Waals surface area contributed by atoms with E-state index in [1.54, 1.807) is 6.41 Å². The minimum Gasteiger partial charge on any atom is -0.378 e. The fourth-order valence-corrected chi connectivity index (χ4v) is 1.20. The molecule has 1 amide bonds. The Morgan fingerprint density at radius 1 is 1.82 bits per heavy atom. The third kappa shape index (κ3) is 2.17. The van der Waals surface area contributed by atoms with Crippen LogP contribution in [0.3, 0.4) is 0 Å². The molecule has 0 aromatic carbocycles. The van der Waals surface area contributed by atoms with Gasteiger partial charge in [0.1, 0.15) is 0 Å². The van der Waals surface area contributed by atoms with Gasteiger partial charge in [0.05, 0.1) is 19.3 Å². The van der Waals surface area contributed by atoms with Crippen LogP contribution in [0.5, 0.6) is 0 Å². The Balaban J connectivity index is 2.37. The van der Waals surface area contributed by atoms with Crippen molar-refractivity contribution in [3.05, 3.63) is 0 Å². The lowest BCUT2D eigenvalue weighted by molar-refractivity contribution is -0.0230. The Morgan fingerprint density at radius 3 is 3.27 bits per heavy atom. The van der Waals surface area contributed by atoms with Gasteiger partial charge in [0.25, 0.3) is 0 Å². The molecule has 1 rings (SSSR count). The lowest BCUT2D eigenvalue weighted by Gasteiger charge is -2.33. The number of amides is 1. The van der Waals surface area contributed by atoms with Crippen LogP contribution < -0.4 is 5.43 Å². The molecule has 1 aliphatic rings. The monoisotopic (exact) mass is 157 g/mol. The summed E-state index contributed by atoms with van der Waals surface area (Å²) in [5.74, 6) is 0. The van der Waals surface area contributed by atoms with Gasteiger partial charge in [0.15, 0.2) is 0 Å². The molecular weight excluding hydrogens is 144 g/mol. The second kappa shape index (κ2) is 4.31. The predicted octanol–water partition coefficient (Wildman–Crippen LogP) is -0.331. The maximum atomic E-state index is 10.0. The van der Waals surface area contributed by atoms with E-state index in [-0.39, 0.29) is 0 Å². The van der Waals surface area contributed by atoms with Crippen LogP contribution in [0.2, 0.25) is 0 Å². The highest BCUT2D eigenvalue weighted by molar-refractivity contribution is 5.46.